The molecule has 0 radical (unpaired) electrons. The van der Waals surface area contributed by atoms with Crippen molar-refractivity contribution >= 4 is 0 Å². The molecule has 120 valence electrons. The van der Waals surface area contributed by atoms with Crippen molar-refractivity contribution in [3.05, 3.63) is 35.9 Å². The van der Waals surface area contributed by atoms with Crippen molar-refractivity contribution in [2.75, 3.05) is 13.2 Å². The van der Waals surface area contributed by atoms with Gasteiger partial charge in [-0.05, 0) is 5.56 Å². The van der Waals surface area contributed by atoms with Gasteiger partial charge in [0.25, 0.3) is 0 Å². The van der Waals surface area contributed by atoms with Gasteiger partial charge in [0.05, 0.1) is 25.4 Å². The van der Waals surface area contributed by atoms with E-state index in [1.165, 1.54) is 0 Å². The molecule has 4 heteroatoms. The van der Waals surface area contributed by atoms with E-state index >= 15 is 0 Å². The number of rotatable bonds is 9. The van der Waals surface area contributed by atoms with Crippen molar-refractivity contribution in [3.8, 4) is 0 Å². The number of benzene rings is 1. The Bertz CT molecular complexity index is 382. The number of hydrogen-bond acceptors (Lipinski definition) is 4. The van der Waals surface area contributed by atoms with Crippen molar-refractivity contribution in [1.82, 2.24) is 0 Å². The summed E-state index contributed by atoms with van der Waals surface area (Å²) in [6, 6.07) is 9.88. The first-order valence-electron chi connectivity index (χ1n) is 7.56. The van der Waals surface area contributed by atoms with Gasteiger partial charge in [0.15, 0.2) is 0 Å². The summed E-state index contributed by atoms with van der Waals surface area (Å²) in [5.74, 6) is -0.626. The molecule has 0 saturated heterocycles. The average Bonchev–Trinajstić information content (AvgIpc) is 2.52. The maximum Gasteiger partial charge on any atom is 0.0717 e. The van der Waals surface area contributed by atoms with Crippen molar-refractivity contribution < 1.29 is 20.1 Å². The summed E-state index contributed by atoms with van der Waals surface area (Å²) in [5.41, 5.74) is 1.10. The summed E-state index contributed by atoms with van der Waals surface area (Å²) >= 11 is 0. The van der Waals surface area contributed by atoms with Gasteiger partial charge in [0.2, 0.25) is 0 Å². The Morgan fingerprint density at radius 2 is 1.52 bits per heavy atom. The quantitative estimate of drug-likeness (QED) is 0.650. The minimum atomic E-state index is -0.721. The van der Waals surface area contributed by atoms with Crippen LogP contribution in [0.2, 0.25) is 0 Å². The Labute approximate surface area is 127 Å². The van der Waals surface area contributed by atoms with Crippen LogP contribution in [0.15, 0.2) is 30.3 Å². The lowest BCUT2D eigenvalue weighted by Gasteiger charge is -2.31. The molecule has 0 bridgehead atoms. The molecular weight excluding hydrogens is 268 g/mol. The first kappa shape index (κ1) is 18.1. The van der Waals surface area contributed by atoms with E-state index in [-0.39, 0.29) is 24.4 Å². The Morgan fingerprint density at radius 3 is 2.10 bits per heavy atom. The van der Waals surface area contributed by atoms with Gasteiger partial charge in [-0.25, -0.2) is 0 Å². The zero-order valence-corrected chi connectivity index (χ0v) is 13.1. The van der Waals surface area contributed by atoms with E-state index in [9.17, 15) is 10.2 Å². The first-order valence-corrected chi connectivity index (χ1v) is 7.56. The van der Waals surface area contributed by atoms with Gasteiger partial charge in [-0.3, -0.25) is 0 Å². The molecule has 3 N–H and O–H groups in total. The second-order valence-corrected chi connectivity index (χ2v) is 5.98. The highest BCUT2D eigenvalue weighted by Gasteiger charge is 2.30. The third-order valence-corrected chi connectivity index (χ3v) is 4.02. The smallest absolute Gasteiger partial charge is 0.0717 e. The van der Waals surface area contributed by atoms with Crippen LogP contribution in [-0.4, -0.2) is 40.7 Å². The molecule has 1 aromatic carbocycles. The fourth-order valence-electron chi connectivity index (χ4n) is 2.38. The van der Waals surface area contributed by atoms with Gasteiger partial charge in [0, 0.05) is 24.4 Å². The standard InChI is InChI=1S/C17H28O4/c1-12(9-18)16(19)14(3)17(20)13(2)10-21-11-15-7-5-4-6-8-15/h4-8,12-14,16-20H,9-11H2,1-3H3/t12-,13+,14-,16-,17+/m1/s1. The highest BCUT2D eigenvalue weighted by Crippen LogP contribution is 2.21. The number of ether oxygens (including phenoxy) is 1. The molecule has 0 aliphatic rings. The SMILES string of the molecule is C[C@@H]([C@@H](O)[C@@H](C)COCc1ccccc1)[C@H](O)[C@H](C)CO. The van der Waals surface area contributed by atoms with Gasteiger partial charge in [-0.1, -0.05) is 51.1 Å². The summed E-state index contributed by atoms with van der Waals surface area (Å²) in [4.78, 5) is 0. The van der Waals surface area contributed by atoms with Crippen LogP contribution in [0.4, 0.5) is 0 Å². The highest BCUT2D eigenvalue weighted by molar-refractivity contribution is 5.13. The zero-order valence-electron chi connectivity index (χ0n) is 13.1. The van der Waals surface area contributed by atoms with Crippen LogP contribution in [0.3, 0.4) is 0 Å². The second-order valence-electron chi connectivity index (χ2n) is 5.98. The summed E-state index contributed by atoms with van der Waals surface area (Å²) in [7, 11) is 0. The van der Waals surface area contributed by atoms with Crippen LogP contribution in [0.25, 0.3) is 0 Å². The average molecular weight is 296 g/mol. The van der Waals surface area contributed by atoms with Crippen molar-refractivity contribution in [2.24, 2.45) is 17.8 Å². The molecule has 0 amide bonds. The molecule has 0 saturated carbocycles. The Hall–Kier alpha value is -0.940. The van der Waals surface area contributed by atoms with E-state index in [1.54, 1.807) is 13.8 Å². The summed E-state index contributed by atoms with van der Waals surface area (Å²) in [6.45, 7) is 6.34. The third kappa shape index (κ3) is 5.75. The van der Waals surface area contributed by atoms with E-state index in [0.29, 0.717) is 13.2 Å². The van der Waals surface area contributed by atoms with Gasteiger partial charge >= 0.3 is 0 Å². The molecule has 0 aliphatic carbocycles. The first-order chi connectivity index (χ1) is 9.97. The molecule has 0 fully saturated rings. The molecule has 21 heavy (non-hydrogen) atoms. The lowest BCUT2D eigenvalue weighted by Crippen LogP contribution is -2.39. The number of aliphatic hydroxyl groups excluding tert-OH is 3. The minimum Gasteiger partial charge on any atom is -0.396 e. The van der Waals surface area contributed by atoms with Crippen LogP contribution in [0.1, 0.15) is 26.3 Å². The van der Waals surface area contributed by atoms with Crippen LogP contribution < -0.4 is 0 Å². The molecule has 0 aromatic heterocycles. The van der Waals surface area contributed by atoms with Gasteiger partial charge in [-0.2, -0.15) is 0 Å². The predicted octanol–water partition coefficient (Wildman–Crippen LogP) is 1.83. The fourth-order valence-corrected chi connectivity index (χ4v) is 2.38. The largest absolute Gasteiger partial charge is 0.396 e. The van der Waals surface area contributed by atoms with Crippen LogP contribution in [0.5, 0.6) is 0 Å². The Kier molecular flexibility index (Phi) is 7.89. The topological polar surface area (TPSA) is 69.9 Å². The second kappa shape index (κ2) is 9.15. The number of hydrogen-bond donors (Lipinski definition) is 3. The Morgan fingerprint density at radius 1 is 0.952 bits per heavy atom. The predicted molar refractivity (Wildman–Crippen MR) is 82.7 cm³/mol. The maximum atomic E-state index is 10.3. The van der Waals surface area contributed by atoms with E-state index in [4.69, 9.17) is 9.84 Å². The van der Waals surface area contributed by atoms with E-state index in [0.717, 1.165) is 5.56 Å². The van der Waals surface area contributed by atoms with E-state index < -0.39 is 12.2 Å². The summed E-state index contributed by atoms with van der Waals surface area (Å²) in [5, 5.41) is 29.4. The summed E-state index contributed by atoms with van der Waals surface area (Å²) < 4.78 is 5.63. The molecular formula is C17H28O4. The fraction of sp³-hybridized carbons (Fsp3) is 0.647. The van der Waals surface area contributed by atoms with Crippen LogP contribution in [0, 0.1) is 17.8 Å². The van der Waals surface area contributed by atoms with Crippen LogP contribution in [-0.2, 0) is 11.3 Å². The van der Waals surface area contributed by atoms with Crippen molar-refractivity contribution in [2.45, 2.75) is 39.6 Å². The lowest BCUT2D eigenvalue weighted by atomic mass is 9.85. The molecule has 0 spiro atoms. The molecule has 5 atom stereocenters. The monoisotopic (exact) mass is 296 g/mol. The van der Waals surface area contributed by atoms with Crippen molar-refractivity contribution in [3.63, 3.8) is 0 Å². The molecule has 4 nitrogen and oxygen atoms in total. The summed E-state index contributed by atoms with van der Waals surface area (Å²) in [6.07, 6.45) is -1.38. The lowest BCUT2D eigenvalue weighted by molar-refractivity contribution is -0.0556. The Balaban J connectivity index is 2.38. The third-order valence-electron chi connectivity index (χ3n) is 4.02. The zero-order chi connectivity index (χ0) is 15.8. The maximum absolute atomic E-state index is 10.3. The normalized spacial score (nSPS) is 18.8. The van der Waals surface area contributed by atoms with Crippen LogP contribution >= 0.6 is 0 Å². The van der Waals surface area contributed by atoms with E-state index in [1.807, 2.05) is 37.3 Å². The molecule has 1 rings (SSSR count). The molecule has 0 unspecified atom stereocenters. The highest BCUT2D eigenvalue weighted by atomic mass is 16.5. The van der Waals surface area contributed by atoms with Gasteiger partial charge < -0.3 is 20.1 Å². The van der Waals surface area contributed by atoms with Gasteiger partial charge in [-0.15, -0.1) is 0 Å². The minimum absolute atomic E-state index is 0.0794. The van der Waals surface area contributed by atoms with E-state index in [2.05, 4.69) is 0 Å². The van der Waals surface area contributed by atoms with Crippen molar-refractivity contribution in [1.29, 1.82) is 0 Å². The number of aliphatic hydroxyl groups is 3. The van der Waals surface area contributed by atoms with Gasteiger partial charge in [0.1, 0.15) is 0 Å². The molecule has 1 aromatic rings. The molecule has 0 aliphatic heterocycles. The molecule has 0 heterocycles.